The minimum Gasteiger partial charge on any atom is -0.354 e. The van der Waals surface area contributed by atoms with Crippen LogP contribution in [-0.2, 0) is 9.59 Å². The Kier molecular flexibility index (Phi) is 4.70. The van der Waals surface area contributed by atoms with E-state index in [4.69, 9.17) is 0 Å². The molecule has 108 valence electrons. The molecule has 1 saturated heterocycles. The predicted molar refractivity (Wildman–Crippen MR) is 82.0 cm³/mol. The Hall–Kier alpha value is -1.49. The third-order valence-corrected chi connectivity index (χ3v) is 4.02. The molecule has 0 saturated carbocycles. The Bertz CT molecular complexity index is 516. The summed E-state index contributed by atoms with van der Waals surface area (Å²) in [6.07, 6.45) is 2.30. The summed E-state index contributed by atoms with van der Waals surface area (Å²) >= 11 is 1.64. The maximum atomic E-state index is 12.1. The molecule has 0 spiro atoms. The number of thioether (sulfide) groups is 1. The Morgan fingerprint density at radius 1 is 1.45 bits per heavy atom. The second-order valence-electron chi connectivity index (χ2n) is 5.27. The van der Waals surface area contributed by atoms with Gasteiger partial charge in [0.25, 0.3) is 0 Å². The van der Waals surface area contributed by atoms with E-state index in [1.54, 1.807) is 16.7 Å². The van der Waals surface area contributed by atoms with E-state index in [0.29, 0.717) is 13.0 Å². The van der Waals surface area contributed by atoms with Crippen LogP contribution in [0.2, 0.25) is 0 Å². The van der Waals surface area contributed by atoms with Gasteiger partial charge < -0.3 is 10.2 Å². The van der Waals surface area contributed by atoms with Gasteiger partial charge in [0.15, 0.2) is 0 Å². The van der Waals surface area contributed by atoms with Gasteiger partial charge in [0.1, 0.15) is 0 Å². The van der Waals surface area contributed by atoms with E-state index < -0.39 is 0 Å². The van der Waals surface area contributed by atoms with Gasteiger partial charge in [-0.15, -0.1) is 11.8 Å². The smallest absolute Gasteiger partial charge is 0.227 e. The van der Waals surface area contributed by atoms with E-state index in [-0.39, 0.29) is 23.8 Å². The zero-order valence-electron chi connectivity index (χ0n) is 12.1. The molecule has 1 N–H and O–H groups in total. The fourth-order valence-electron chi connectivity index (χ4n) is 2.31. The van der Waals surface area contributed by atoms with Crippen LogP contribution in [0, 0.1) is 5.92 Å². The van der Waals surface area contributed by atoms with Crippen LogP contribution in [0.4, 0.5) is 5.69 Å². The molecule has 0 bridgehead atoms. The van der Waals surface area contributed by atoms with Gasteiger partial charge in [-0.3, -0.25) is 9.59 Å². The molecule has 1 aliphatic rings. The van der Waals surface area contributed by atoms with Crippen molar-refractivity contribution in [3.05, 3.63) is 24.3 Å². The van der Waals surface area contributed by atoms with E-state index in [0.717, 1.165) is 10.6 Å². The normalized spacial score (nSPS) is 18.7. The van der Waals surface area contributed by atoms with Gasteiger partial charge in [-0.2, -0.15) is 0 Å². The zero-order valence-corrected chi connectivity index (χ0v) is 12.9. The van der Waals surface area contributed by atoms with Crippen molar-refractivity contribution >= 4 is 29.3 Å². The molecule has 1 heterocycles. The molecule has 1 aromatic rings. The number of carbonyl (C=O) groups is 2. The van der Waals surface area contributed by atoms with Crippen molar-refractivity contribution < 1.29 is 9.59 Å². The first-order valence-electron chi connectivity index (χ1n) is 6.76. The van der Waals surface area contributed by atoms with E-state index in [2.05, 4.69) is 5.32 Å². The summed E-state index contributed by atoms with van der Waals surface area (Å²) in [6.45, 7) is 4.32. The Balaban J connectivity index is 2.10. The quantitative estimate of drug-likeness (QED) is 0.866. The van der Waals surface area contributed by atoms with E-state index in [1.165, 1.54) is 0 Å². The molecule has 0 aliphatic carbocycles. The average Bonchev–Trinajstić information content (AvgIpc) is 2.80. The maximum Gasteiger partial charge on any atom is 0.227 e. The fraction of sp³-hybridized carbons (Fsp3) is 0.467. The standard InChI is InChI=1S/C15H20N2O2S/c1-10(2)16-15(19)11-7-14(18)17(9-11)12-5-4-6-13(8-12)20-3/h4-6,8,10-11H,7,9H2,1-3H3,(H,16,19). The van der Waals surface area contributed by atoms with Gasteiger partial charge in [-0.05, 0) is 38.3 Å². The molecule has 0 radical (unpaired) electrons. The molecule has 1 aromatic carbocycles. The summed E-state index contributed by atoms with van der Waals surface area (Å²) in [5.74, 6) is -0.258. The van der Waals surface area contributed by atoms with Gasteiger partial charge >= 0.3 is 0 Å². The molecule has 1 fully saturated rings. The summed E-state index contributed by atoms with van der Waals surface area (Å²) in [5, 5.41) is 2.88. The van der Waals surface area contributed by atoms with Crippen molar-refractivity contribution in [3.8, 4) is 0 Å². The number of nitrogens with one attached hydrogen (secondary N) is 1. The predicted octanol–water partition coefficient (Wildman–Crippen LogP) is 2.29. The second kappa shape index (κ2) is 6.31. The Morgan fingerprint density at radius 3 is 2.85 bits per heavy atom. The molecular formula is C15H20N2O2S. The lowest BCUT2D eigenvalue weighted by Crippen LogP contribution is -2.36. The fourth-order valence-corrected chi connectivity index (χ4v) is 2.77. The molecule has 1 unspecified atom stereocenters. The lowest BCUT2D eigenvalue weighted by molar-refractivity contribution is -0.126. The van der Waals surface area contributed by atoms with Crippen LogP contribution in [0.25, 0.3) is 0 Å². The van der Waals surface area contributed by atoms with Crippen molar-refractivity contribution in [2.45, 2.75) is 31.2 Å². The zero-order chi connectivity index (χ0) is 14.7. The molecule has 2 amide bonds. The van der Waals surface area contributed by atoms with Gasteiger partial charge in [-0.1, -0.05) is 6.07 Å². The minimum absolute atomic E-state index is 0.0205. The van der Waals surface area contributed by atoms with Crippen molar-refractivity contribution in [3.63, 3.8) is 0 Å². The van der Waals surface area contributed by atoms with Gasteiger partial charge in [0.05, 0.1) is 5.92 Å². The summed E-state index contributed by atoms with van der Waals surface area (Å²) < 4.78 is 0. The largest absolute Gasteiger partial charge is 0.354 e. The highest BCUT2D eigenvalue weighted by Crippen LogP contribution is 2.28. The van der Waals surface area contributed by atoms with Crippen molar-refractivity contribution in [1.82, 2.24) is 5.32 Å². The van der Waals surface area contributed by atoms with E-state index in [1.807, 2.05) is 44.4 Å². The summed E-state index contributed by atoms with van der Waals surface area (Å²) in [6, 6.07) is 7.96. The molecule has 20 heavy (non-hydrogen) atoms. The summed E-state index contributed by atoms with van der Waals surface area (Å²) in [7, 11) is 0. The third kappa shape index (κ3) is 3.33. The van der Waals surface area contributed by atoms with Crippen molar-refractivity contribution in [2.75, 3.05) is 17.7 Å². The van der Waals surface area contributed by atoms with Crippen LogP contribution < -0.4 is 10.2 Å². The molecule has 2 rings (SSSR count). The molecule has 1 aliphatic heterocycles. The summed E-state index contributed by atoms with van der Waals surface area (Å²) in [4.78, 5) is 26.9. The molecule has 0 aromatic heterocycles. The molecular weight excluding hydrogens is 272 g/mol. The maximum absolute atomic E-state index is 12.1. The monoisotopic (exact) mass is 292 g/mol. The van der Waals surface area contributed by atoms with Crippen molar-refractivity contribution in [1.29, 1.82) is 0 Å². The van der Waals surface area contributed by atoms with Crippen molar-refractivity contribution in [2.24, 2.45) is 5.92 Å². The highest BCUT2D eigenvalue weighted by atomic mass is 32.2. The first-order valence-corrected chi connectivity index (χ1v) is 7.98. The number of nitrogens with zero attached hydrogens (tertiary/aromatic N) is 1. The topological polar surface area (TPSA) is 49.4 Å². The lowest BCUT2D eigenvalue weighted by Gasteiger charge is -2.18. The number of amides is 2. The average molecular weight is 292 g/mol. The molecule has 1 atom stereocenters. The first kappa shape index (κ1) is 14.9. The number of hydrogen-bond donors (Lipinski definition) is 1. The highest BCUT2D eigenvalue weighted by Gasteiger charge is 2.35. The number of carbonyl (C=O) groups excluding carboxylic acids is 2. The van der Waals surface area contributed by atoms with Crippen LogP contribution in [-0.4, -0.2) is 30.7 Å². The van der Waals surface area contributed by atoms with Crippen LogP contribution in [0.15, 0.2) is 29.2 Å². The SMILES string of the molecule is CSc1cccc(N2CC(C(=O)NC(C)C)CC2=O)c1. The van der Waals surface area contributed by atoms with E-state index in [9.17, 15) is 9.59 Å². The number of anilines is 1. The third-order valence-electron chi connectivity index (χ3n) is 3.29. The van der Waals surface area contributed by atoms with Crippen LogP contribution >= 0.6 is 11.8 Å². The second-order valence-corrected chi connectivity index (χ2v) is 6.15. The molecule has 5 heteroatoms. The Labute approximate surface area is 123 Å². The number of hydrogen-bond acceptors (Lipinski definition) is 3. The number of rotatable bonds is 4. The minimum atomic E-state index is -0.247. The van der Waals surface area contributed by atoms with Gasteiger partial charge in [0, 0.05) is 29.6 Å². The first-order chi connectivity index (χ1) is 9.51. The van der Waals surface area contributed by atoms with Crippen LogP contribution in [0.3, 0.4) is 0 Å². The Morgan fingerprint density at radius 2 is 2.20 bits per heavy atom. The van der Waals surface area contributed by atoms with Gasteiger partial charge in [0.2, 0.25) is 11.8 Å². The van der Waals surface area contributed by atoms with Crippen LogP contribution in [0.5, 0.6) is 0 Å². The van der Waals surface area contributed by atoms with Gasteiger partial charge in [-0.25, -0.2) is 0 Å². The van der Waals surface area contributed by atoms with E-state index >= 15 is 0 Å². The molecule has 4 nitrogen and oxygen atoms in total. The number of benzene rings is 1. The highest BCUT2D eigenvalue weighted by molar-refractivity contribution is 7.98. The lowest BCUT2D eigenvalue weighted by atomic mass is 10.1. The summed E-state index contributed by atoms with van der Waals surface area (Å²) in [5.41, 5.74) is 0.877. The van der Waals surface area contributed by atoms with Crippen LogP contribution in [0.1, 0.15) is 20.3 Å².